The molecule has 0 atom stereocenters. The third-order valence-electron chi connectivity index (χ3n) is 3.03. The first kappa shape index (κ1) is 15.8. The van der Waals surface area contributed by atoms with Gasteiger partial charge in [0.2, 0.25) is 5.91 Å². The normalized spacial score (nSPS) is 17.0. The summed E-state index contributed by atoms with van der Waals surface area (Å²) >= 11 is 0. The van der Waals surface area contributed by atoms with Crippen LogP contribution in [0.15, 0.2) is 0 Å². The van der Waals surface area contributed by atoms with Crippen LogP contribution in [0.1, 0.15) is 34.6 Å². The van der Waals surface area contributed by atoms with Crippen molar-refractivity contribution in [1.82, 2.24) is 10.2 Å². The summed E-state index contributed by atoms with van der Waals surface area (Å²) in [7, 11) is 0. The van der Waals surface area contributed by atoms with Crippen LogP contribution in [0.25, 0.3) is 0 Å². The summed E-state index contributed by atoms with van der Waals surface area (Å²) in [6.07, 6.45) is -0.292. The van der Waals surface area contributed by atoms with Crippen LogP contribution < -0.4 is 11.1 Å². The third kappa shape index (κ3) is 4.70. The van der Waals surface area contributed by atoms with Crippen molar-refractivity contribution in [2.75, 3.05) is 19.6 Å². The Bertz CT molecular complexity index is 355. The van der Waals surface area contributed by atoms with Crippen molar-refractivity contribution in [2.45, 2.75) is 46.3 Å². The standard InChI is InChI=1S/C13H25N3O3/c1-12(2,3)19-11(18)16-6-9(7-16)15-8-13(4,5)10(14)17/h9,15H,6-8H2,1-5H3,(H2,14,17). The van der Waals surface area contributed by atoms with E-state index in [2.05, 4.69) is 5.32 Å². The van der Waals surface area contributed by atoms with Gasteiger partial charge in [0.1, 0.15) is 5.60 Å². The minimum atomic E-state index is -0.577. The fraction of sp³-hybridized carbons (Fsp3) is 0.846. The van der Waals surface area contributed by atoms with Crippen molar-refractivity contribution < 1.29 is 14.3 Å². The lowest BCUT2D eigenvalue weighted by Crippen LogP contribution is -2.62. The van der Waals surface area contributed by atoms with E-state index < -0.39 is 11.0 Å². The van der Waals surface area contributed by atoms with E-state index in [1.165, 1.54) is 0 Å². The summed E-state index contributed by atoms with van der Waals surface area (Å²) in [5.41, 5.74) is 4.25. The monoisotopic (exact) mass is 271 g/mol. The number of nitrogens with one attached hydrogen (secondary N) is 1. The fourth-order valence-electron chi connectivity index (χ4n) is 1.57. The molecule has 0 aliphatic carbocycles. The molecule has 0 aromatic heterocycles. The summed E-state index contributed by atoms with van der Waals surface area (Å²) in [6, 6.07) is 0.200. The number of carbonyl (C=O) groups is 2. The molecule has 1 heterocycles. The zero-order valence-corrected chi connectivity index (χ0v) is 12.4. The van der Waals surface area contributed by atoms with Crippen molar-refractivity contribution >= 4 is 12.0 Å². The van der Waals surface area contributed by atoms with E-state index in [1.807, 2.05) is 20.8 Å². The molecule has 0 aromatic rings. The Morgan fingerprint density at radius 3 is 2.21 bits per heavy atom. The number of hydrogen-bond acceptors (Lipinski definition) is 4. The van der Waals surface area contributed by atoms with Crippen LogP contribution in [0.4, 0.5) is 4.79 Å². The minimum Gasteiger partial charge on any atom is -0.444 e. The van der Waals surface area contributed by atoms with Gasteiger partial charge in [-0.05, 0) is 34.6 Å². The molecule has 110 valence electrons. The highest BCUT2D eigenvalue weighted by molar-refractivity contribution is 5.80. The summed E-state index contributed by atoms with van der Waals surface area (Å²) in [5.74, 6) is -0.330. The van der Waals surface area contributed by atoms with Gasteiger partial charge in [0.05, 0.1) is 5.41 Å². The smallest absolute Gasteiger partial charge is 0.410 e. The third-order valence-corrected chi connectivity index (χ3v) is 3.03. The highest BCUT2D eigenvalue weighted by atomic mass is 16.6. The lowest BCUT2D eigenvalue weighted by Gasteiger charge is -2.41. The number of likely N-dealkylation sites (tertiary alicyclic amines) is 1. The minimum absolute atomic E-state index is 0.200. The molecule has 1 rings (SSSR count). The maximum atomic E-state index is 11.7. The summed E-state index contributed by atoms with van der Waals surface area (Å²) in [5, 5.41) is 3.24. The second-order valence-electron chi connectivity index (χ2n) is 6.71. The Kier molecular flexibility index (Phi) is 4.45. The first-order valence-corrected chi connectivity index (χ1v) is 6.52. The van der Waals surface area contributed by atoms with Crippen molar-refractivity contribution in [3.05, 3.63) is 0 Å². The van der Waals surface area contributed by atoms with Gasteiger partial charge in [-0.3, -0.25) is 4.79 Å². The molecular weight excluding hydrogens is 246 g/mol. The number of rotatable bonds is 4. The lowest BCUT2D eigenvalue weighted by atomic mass is 9.92. The van der Waals surface area contributed by atoms with Gasteiger partial charge >= 0.3 is 6.09 Å². The lowest BCUT2D eigenvalue weighted by molar-refractivity contribution is -0.126. The van der Waals surface area contributed by atoms with Crippen LogP contribution >= 0.6 is 0 Å². The predicted octanol–water partition coefficient (Wildman–Crippen LogP) is 0.707. The van der Waals surface area contributed by atoms with Gasteiger partial charge in [-0.2, -0.15) is 0 Å². The van der Waals surface area contributed by atoms with Gasteiger partial charge in [-0.25, -0.2) is 4.79 Å². The molecule has 0 unspecified atom stereocenters. The maximum absolute atomic E-state index is 11.7. The number of amides is 2. The number of hydrogen-bond donors (Lipinski definition) is 2. The van der Waals surface area contributed by atoms with E-state index >= 15 is 0 Å². The molecule has 19 heavy (non-hydrogen) atoms. The molecule has 0 spiro atoms. The number of nitrogens with two attached hydrogens (primary N) is 1. The number of nitrogens with zero attached hydrogens (tertiary/aromatic N) is 1. The molecule has 0 bridgehead atoms. The molecule has 3 N–H and O–H groups in total. The summed E-state index contributed by atoms with van der Waals surface area (Å²) < 4.78 is 5.26. The summed E-state index contributed by atoms with van der Waals surface area (Å²) in [6.45, 7) is 10.8. The van der Waals surface area contributed by atoms with E-state index in [0.717, 1.165) is 0 Å². The zero-order chi connectivity index (χ0) is 14.8. The Morgan fingerprint density at radius 1 is 1.26 bits per heavy atom. The predicted molar refractivity (Wildman–Crippen MR) is 72.6 cm³/mol. The first-order chi connectivity index (χ1) is 8.51. The van der Waals surface area contributed by atoms with Crippen molar-refractivity contribution in [2.24, 2.45) is 11.1 Å². The molecule has 6 heteroatoms. The first-order valence-electron chi connectivity index (χ1n) is 6.52. The Hall–Kier alpha value is -1.30. The molecule has 2 amide bonds. The highest BCUT2D eigenvalue weighted by Crippen LogP contribution is 2.17. The Labute approximate surface area is 114 Å². The Balaban J connectivity index is 2.28. The van der Waals surface area contributed by atoms with Crippen LogP contribution in [0.2, 0.25) is 0 Å². The molecule has 6 nitrogen and oxygen atoms in total. The molecule has 1 saturated heterocycles. The molecule has 0 saturated carbocycles. The van der Waals surface area contributed by atoms with E-state index in [0.29, 0.717) is 19.6 Å². The van der Waals surface area contributed by atoms with E-state index in [1.54, 1.807) is 18.7 Å². The van der Waals surface area contributed by atoms with Crippen molar-refractivity contribution in [3.63, 3.8) is 0 Å². The molecule has 1 fully saturated rings. The van der Waals surface area contributed by atoms with Gasteiger partial charge in [0, 0.05) is 25.7 Å². The molecule has 1 aliphatic heterocycles. The van der Waals surface area contributed by atoms with Crippen LogP contribution in [-0.2, 0) is 9.53 Å². The second-order valence-corrected chi connectivity index (χ2v) is 6.71. The maximum Gasteiger partial charge on any atom is 0.410 e. The largest absolute Gasteiger partial charge is 0.444 e. The molecule has 1 aliphatic rings. The average Bonchev–Trinajstić information content (AvgIpc) is 2.11. The van der Waals surface area contributed by atoms with E-state index in [9.17, 15) is 9.59 Å². The van der Waals surface area contributed by atoms with E-state index in [4.69, 9.17) is 10.5 Å². The van der Waals surface area contributed by atoms with Gasteiger partial charge in [-0.1, -0.05) is 0 Å². The number of ether oxygens (including phenoxy) is 1. The van der Waals surface area contributed by atoms with E-state index in [-0.39, 0.29) is 18.0 Å². The molecule has 0 aromatic carbocycles. The SMILES string of the molecule is CC(C)(C)OC(=O)N1CC(NCC(C)(C)C(N)=O)C1. The van der Waals surface area contributed by atoms with Gasteiger partial charge in [0.15, 0.2) is 0 Å². The van der Waals surface area contributed by atoms with Gasteiger partial charge in [0.25, 0.3) is 0 Å². The fourth-order valence-corrected chi connectivity index (χ4v) is 1.57. The topological polar surface area (TPSA) is 84.7 Å². The van der Waals surface area contributed by atoms with Crippen LogP contribution in [-0.4, -0.2) is 48.2 Å². The molecule has 0 radical (unpaired) electrons. The number of carbonyl (C=O) groups excluding carboxylic acids is 2. The van der Waals surface area contributed by atoms with Gasteiger partial charge < -0.3 is 20.7 Å². The van der Waals surface area contributed by atoms with Crippen LogP contribution in [0, 0.1) is 5.41 Å². The van der Waals surface area contributed by atoms with Crippen LogP contribution in [0.5, 0.6) is 0 Å². The molecular formula is C13H25N3O3. The quantitative estimate of drug-likeness (QED) is 0.788. The van der Waals surface area contributed by atoms with Crippen molar-refractivity contribution in [1.29, 1.82) is 0 Å². The van der Waals surface area contributed by atoms with Gasteiger partial charge in [-0.15, -0.1) is 0 Å². The average molecular weight is 271 g/mol. The van der Waals surface area contributed by atoms with Crippen molar-refractivity contribution in [3.8, 4) is 0 Å². The Morgan fingerprint density at radius 2 is 1.79 bits per heavy atom. The second kappa shape index (κ2) is 5.36. The summed E-state index contributed by atoms with van der Waals surface area (Å²) in [4.78, 5) is 24.5. The zero-order valence-electron chi connectivity index (χ0n) is 12.4. The van der Waals surface area contributed by atoms with Crippen LogP contribution in [0.3, 0.4) is 0 Å². The highest BCUT2D eigenvalue weighted by Gasteiger charge is 2.35. The number of primary amides is 1.